The van der Waals surface area contributed by atoms with Gasteiger partial charge in [0, 0.05) is 17.8 Å². The number of nitrogens with zero attached hydrogens (tertiary/aromatic N) is 2. The normalized spacial score (nSPS) is 10.7. The predicted octanol–water partition coefficient (Wildman–Crippen LogP) is 3.35. The molecule has 2 heterocycles. The van der Waals surface area contributed by atoms with Crippen LogP contribution >= 0.6 is 0 Å². The zero-order valence-electron chi connectivity index (χ0n) is 11.4. The first-order chi connectivity index (χ1) is 8.65. The first-order valence-corrected chi connectivity index (χ1v) is 6.33. The van der Waals surface area contributed by atoms with Crippen LogP contribution < -0.4 is 5.32 Å². The lowest BCUT2D eigenvalue weighted by molar-refractivity contribution is 0.544. The molecule has 1 N–H and O–H groups in total. The lowest BCUT2D eigenvalue weighted by Crippen LogP contribution is -2.07. The van der Waals surface area contributed by atoms with Crippen LogP contribution in [0, 0.1) is 13.8 Å². The van der Waals surface area contributed by atoms with Crippen molar-refractivity contribution in [2.75, 3.05) is 11.9 Å². The fraction of sp³-hybridized carbons (Fsp3) is 0.429. The summed E-state index contributed by atoms with van der Waals surface area (Å²) in [5, 5.41) is 3.29. The van der Waals surface area contributed by atoms with E-state index in [-0.39, 0.29) is 0 Å². The summed E-state index contributed by atoms with van der Waals surface area (Å²) in [6, 6.07) is 3.83. The van der Waals surface area contributed by atoms with E-state index in [9.17, 15) is 0 Å². The van der Waals surface area contributed by atoms with E-state index in [0.717, 1.165) is 36.0 Å². The molecule has 0 saturated heterocycles. The van der Waals surface area contributed by atoms with Crippen molar-refractivity contribution in [1.29, 1.82) is 0 Å². The molecule has 2 rings (SSSR count). The zero-order valence-corrected chi connectivity index (χ0v) is 11.4. The smallest absolute Gasteiger partial charge is 0.197 e. The van der Waals surface area contributed by atoms with Crippen molar-refractivity contribution >= 4 is 5.82 Å². The Morgan fingerprint density at radius 1 is 1.17 bits per heavy atom. The van der Waals surface area contributed by atoms with Gasteiger partial charge in [0.2, 0.25) is 0 Å². The monoisotopic (exact) mass is 245 g/mol. The van der Waals surface area contributed by atoms with Gasteiger partial charge < -0.3 is 9.73 Å². The summed E-state index contributed by atoms with van der Waals surface area (Å²) >= 11 is 0. The molecule has 18 heavy (non-hydrogen) atoms. The summed E-state index contributed by atoms with van der Waals surface area (Å²) in [4.78, 5) is 9.09. The van der Waals surface area contributed by atoms with E-state index in [1.54, 1.807) is 0 Å². The van der Waals surface area contributed by atoms with E-state index < -0.39 is 0 Å². The number of aryl methyl sites for hydroxylation is 2. The Balaban J connectivity index is 2.50. The second kappa shape index (κ2) is 5.21. The average molecular weight is 245 g/mol. The van der Waals surface area contributed by atoms with Gasteiger partial charge in [0.1, 0.15) is 11.6 Å². The van der Waals surface area contributed by atoms with Crippen LogP contribution in [0.2, 0.25) is 0 Å². The van der Waals surface area contributed by atoms with Crippen LogP contribution in [0.25, 0.3) is 11.6 Å². The number of hydrogen-bond acceptors (Lipinski definition) is 4. The molecule has 0 radical (unpaired) electrons. The minimum atomic E-state index is 0.647. The molecule has 4 nitrogen and oxygen atoms in total. The molecule has 0 saturated carbocycles. The van der Waals surface area contributed by atoms with Gasteiger partial charge in [0.05, 0.1) is 0 Å². The van der Waals surface area contributed by atoms with Crippen LogP contribution in [0.15, 0.2) is 16.5 Å². The summed E-state index contributed by atoms with van der Waals surface area (Å²) < 4.78 is 5.58. The Morgan fingerprint density at radius 3 is 2.50 bits per heavy atom. The maximum Gasteiger partial charge on any atom is 0.197 e. The van der Waals surface area contributed by atoms with Crippen molar-refractivity contribution in [3.63, 3.8) is 0 Å². The number of hydrogen-bond donors (Lipinski definition) is 1. The molecule has 2 aromatic heterocycles. The Labute approximate surface area is 107 Å². The number of nitrogens with one attached hydrogen (secondary N) is 1. The van der Waals surface area contributed by atoms with Gasteiger partial charge in [-0.15, -0.1) is 0 Å². The van der Waals surface area contributed by atoms with Gasteiger partial charge in [-0.3, -0.25) is 0 Å². The number of anilines is 1. The molecule has 0 unspecified atom stereocenters. The maximum atomic E-state index is 5.58. The molecular weight excluding hydrogens is 226 g/mol. The highest BCUT2D eigenvalue weighted by Crippen LogP contribution is 2.24. The topological polar surface area (TPSA) is 51.0 Å². The molecular formula is C14H19N3O. The van der Waals surface area contributed by atoms with Crippen LogP contribution in [0.1, 0.15) is 30.9 Å². The second-order valence-electron chi connectivity index (χ2n) is 4.25. The van der Waals surface area contributed by atoms with E-state index in [0.29, 0.717) is 5.82 Å². The van der Waals surface area contributed by atoms with Crippen molar-refractivity contribution in [1.82, 2.24) is 9.97 Å². The molecule has 2 aromatic rings. The number of aromatic nitrogens is 2. The minimum Gasteiger partial charge on any atom is -0.458 e. The summed E-state index contributed by atoms with van der Waals surface area (Å²) in [5.41, 5.74) is 2.18. The van der Waals surface area contributed by atoms with Crippen molar-refractivity contribution < 1.29 is 4.42 Å². The molecule has 0 amide bonds. The molecule has 0 aromatic carbocycles. The summed E-state index contributed by atoms with van der Waals surface area (Å²) in [5.74, 6) is 3.15. The Bertz CT molecular complexity index is 546. The molecule has 0 aliphatic heterocycles. The van der Waals surface area contributed by atoms with Crippen molar-refractivity contribution in [2.24, 2.45) is 0 Å². The summed E-state index contributed by atoms with van der Waals surface area (Å²) in [6.45, 7) is 8.96. The highest BCUT2D eigenvalue weighted by Gasteiger charge is 2.13. The number of rotatable bonds is 4. The molecule has 0 fully saturated rings. The first kappa shape index (κ1) is 12.6. The standard InChI is InChI=1S/C14H19N3O/c1-5-11-10(4)16-14(17-13(11)15-6-2)12-8-7-9(3)18-12/h7-8H,5-6H2,1-4H3,(H,15,16,17). The van der Waals surface area contributed by atoms with E-state index in [1.165, 1.54) is 5.56 Å². The van der Waals surface area contributed by atoms with Gasteiger partial charge in [0.15, 0.2) is 11.6 Å². The SMILES string of the molecule is CCNc1nc(-c2ccc(C)o2)nc(C)c1CC. The Kier molecular flexibility index (Phi) is 3.65. The Morgan fingerprint density at radius 2 is 1.94 bits per heavy atom. The van der Waals surface area contributed by atoms with E-state index in [1.807, 2.05) is 26.0 Å². The van der Waals surface area contributed by atoms with Gasteiger partial charge in [-0.1, -0.05) is 6.92 Å². The van der Waals surface area contributed by atoms with Crippen LogP contribution in [-0.2, 0) is 6.42 Å². The first-order valence-electron chi connectivity index (χ1n) is 6.33. The fourth-order valence-corrected chi connectivity index (χ4v) is 2.00. The Hall–Kier alpha value is -1.84. The zero-order chi connectivity index (χ0) is 13.1. The van der Waals surface area contributed by atoms with E-state index in [2.05, 4.69) is 29.1 Å². The van der Waals surface area contributed by atoms with Gasteiger partial charge in [-0.25, -0.2) is 9.97 Å². The van der Waals surface area contributed by atoms with Crippen molar-refractivity contribution in [2.45, 2.75) is 34.1 Å². The van der Waals surface area contributed by atoms with Crippen LogP contribution in [0.3, 0.4) is 0 Å². The fourth-order valence-electron chi connectivity index (χ4n) is 2.00. The molecule has 96 valence electrons. The summed E-state index contributed by atoms with van der Waals surface area (Å²) in [7, 11) is 0. The minimum absolute atomic E-state index is 0.647. The second-order valence-corrected chi connectivity index (χ2v) is 4.25. The van der Waals surface area contributed by atoms with Crippen molar-refractivity contribution in [3.05, 3.63) is 29.2 Å². The molecule has 0 aliphatic carbocycles. The third-order valence-corrected chi connectivity index (χ3v) is 2.87. The van der Waals surface area contributed by atoms with Gasteiger partial charge in [0.25, 0.3) is 0 Å². The lowest BCUT2D eigenvalue weighted by atomic mass is 10.1. The van der Waals surface area contributed by atoms with Gasteiger partial charge in [-0.05, 0) is 39.3 Å². The molecule has 0 spiro atoms. The van der Waals surface area contributed by atoms with Gasteiger partial charge in [-0.2, -0.15) is 0 Å². The highest BCUT2D eigenvalue weighted by molar-refractivity contribution is 5.55. The number of furan rings is 1. The van der Waals surface area contributed by atoms with Crippen LogP contribution in [0.4, 0.5) is 5.82 Å². The largest absolute Gasteiger partial charge is 0.458 e. The van der Waals surface area contributed by atoms with Crippen molar-refractivity contribution in [3.8, 4) is 11.6 Å². The lowest BCUT2D eigenvalue weighted by Gasteiger charge is -2.11. The molecule has 0 atom stereocenters. The van der Waals surface area contributed by atoms with Gasteiger partial charge >= 0.3 is 0 Å². The highest BCUT2D eigenvalue weighted by atomic mass is 16.3. The average Bonchev–Trinajstić information content (AvgIpc) is 2.76. The van der Waals surface area contributed by atoms with E-state index >= 15 is 0 Å². The molecule has 4 heteroatoms. The van der Waals surface area contributed by atoms with Crippen LogP contribution in [0.5, 0.6) is 0 Å². The summed E-state index contributed by atoms with van der Waals surface area (Å²) in [6.07, 6.45) is 0.922. The van der Waals surface area contributed by atoms with Crippen LogP contribution in [-0.4, -0.2) is 16.5 Å². The predicted molar refractivity (Wildman–Crippen MR) is 72.7 cm³/mol. The quantitative estimate of drug-likeness (QED) is 0.897. The molecule has 0 aliphatic rings. The third-order valence-electron chi connectivity index (χ3n) is 2.87. The van der Waals surface area contributed by atoms with E-state index in [4.69, 9.17) is 4.42 Å². The molecule has 0 bridgehead atoms. The third kappa shape index (κ3) is 2.37. The maximum absolute atomic E-state index is 5.58.